The molecule has 3 rings (SSSR count). The first kappa shape index (κ1) is 12.4. The number of rotatable bonds is 4. The van der Waals surface area contributed by atoms with Crippen molar-refractivity contribution in [3.8, 4) is 6.07 Å². The van der Waals surface area contributed by atoms with E-state index in [0.29, 0.717) is 24.1 Å². The molecule has 0 atom stereocenters. The summed E-state index contributed by atoms with van der Waals surface area (Å²) in [7, 11) is 0. The van der Waals surface area contributed by atoms with Gasteiger partial charge in [0.1, 0.15) is 6.07 Å². The lowest BCUT2D eigenvalue weighted by Gasteiger charge is -2.24. The predicted octanol–water partition coefficient (Wildman–Crippen LogP) is 2.10. The molecular weight excluding hydrogens is 250 g/mol. The molecule has 1 fully saturated rings. The van der Waals surface area contributed by atoms with Gasteiger partial charge in [0, 0.05) is 30.7 Å². The van der Waals surface area contributed by atoms with E-state index in [9.17, 15) is 5.26 Å². The molecule has 1 aromatic carbocycles. The molecule has 0 bridgehead atoms. The van der Waals surface area contributed by atoms with E-state index >= 15 is 0 Å². The normalized spacial score (nSPS) is 13.8. The van der Waals surface area contributed by atoms with Gasteiger partial charge in [-0.25, -0.2) is 9.97 Å². The minimum atomic E-state index is 0.378. The van der Waals surface area contributed by atoms with Crippen LogP contribution < -0.4 is 10.6 Å². The number of nitrogens with zero attached hydrogens (tertiary/aromatic N) is 4. The first-order valence-electron chi connectivity index (χ1n) is 6.60. The zero-order valence-corrected chi connectivity index (χ0v) is 11.0. The van der Waals surface area contributed by atoms with Gasteiger partial charge in [-0.1, -0.05) is 12.1 Å². The standard InChI is InChI=1S/C15H15N5/c16-9-14-15(19-7-6-18-14)20(13-4-5-13)10-11-2-1-3-12(17)8-11/h1-3,6-8,13H,4-5,10,17H2. The molecule has 2 aromatic rings. The van der Waals surface area contributed by atoms with Crippen LogP contribution in [0.1, 0.15) is 24.1 Å². The number of benzene rings is 1. The smallest absolute Gasteiger partial charge is 0.183 e. The summed E-state index contributed by atoms with van der Waals surface area (Å²) in [5.41, 5.74) is 8.07. The summed E-state index contributed by atoms with van der Waals surface area (Å²) < 4.78 is 0. The van der Waals surface area contributed by atoms with Crippen molar-refractivity contribution in [1.29, 1.82) is 5.26 Å². The summed E-state index contributed by atoms with van der Waals surface area (Å²) in [6.45, 7) is 0.697. The van der Waals surface area contributed by atoms with Crippen molar-refractivity contribution in [3.05, 3.63) is 47.9 Å². The highest BCUT2D eigenvalue weighted by Crippen LogP contribution is 2.33. The Balaban J connectivity index is 1.92. The molecular formula is C15H15N5. The monoisotopic (exact) mass is 265 g/mol. The molecule has 0 unspecified atom stereocenters. The highest BCUT2D eigenvalue weighted by molar-refractivity contribution is 5.52. The van der Waals surface area contributed by atoms with Crippen LogP contribution in [0.15, 0.2) is 36.7 Å². The lowest BCUT2D eigenvalue weighted by Crippen LogP contribution is -2.27. The maximum atomic E-state index is 9.18. The Morgan fingerprint density at radius 1 is 1.30 bits per heavy atom. The second-order valence-corrected chi connectivity index (χ2v) is 4.94. The van der Waals surface area contributed by atoms with Gasteiger partial charge in [0.25, 0.3) is 0 Å². The van der Waals surface area contributed by atoms with Crippen molar-refractivity contribution in [3.63, 3.8) is 0 Å². The van der Waals surface area contributed by atoms with E-state index in [4.69, 9.17) is 5.73 Å². The molecule has 5 nitrogen and oxygen atoms in total. The molecule has 0 amide bonds. The molecule has 0 radical (unpaired) electrons. The number of nitriles is 1. The van der Waals surface area contributed by atoms with Crippen molar-refractivity contribution < 1.29 is 0 Å². The summed E-state index contributed by atoms with van der Waals surface area (Å²) in [5.74, 6) is 0.667. The van der Waals surface area contributed by atoms with Gasteiger partial charge in [-0.3, -0.25) is 0 Å². The molecule has 0 saturated heterocycles. The lowest BCUT2D eigenvalue weighted by molar-refractivity contribution is 0.772. The minimum Gasteiger partial charge on any atom is -0.399 e. The molecule has 1 heterocycles. The van der Waals surface area contributed by atoms with Gasteiger partial charge in [-0.2, -0.15) is 5.26 Å². The van der Waals surface area contributed by atoms with Crippen LogP contribution in [0.25, 0.3) is 0 Å². The summed E-state index contributed by atoms with van der Waals surface area (Å²) in [4.78, 5) is 10.6. The molecule has 20 heavy (non-hydrogen) atoms. The van der Waals surface area contributed by atoms with E-state index in [1.807, 2.05) is 24.3 Å². The number of nitrogens with two attached hydrogens (primary N) is 1. The largest absolute Gasteiger partial charge is 0.399 e. The van der Waals surface area contributed by atoms with Gasteiger partial charge in [-0.05, 0) is 30.5 Å². The quantitative estimate of drug-likeness (QED) is 0.856. The molecule has 2 N–H and O–H groups in total. The van der Waals surface area contributed by atoms with Crippen LogP contribution in [0.4, 0.5) is 11.5 Å². The third-order valence-electron chi connectivity index (χ3n) is 3.35. The Morgan fingerprint density at radius 2 is 2.10 bits per heavy atom. The average Bonchev–Trinajstić information content (AvgIpc) is 3.29. The Hall–Kier alpha value is -2.61. The van der Waals surface area contributed by atoms with E-state index in [2.05, 4.69) is 20.9 Å². The third-order valence-corrected chi connectivity index (χ3v) is 3.35. The molecule has 5 heteroatoms. The van der Waals surface area contributed by atoms with Gasteiger partial charge >= 0.3 is 0 Å². The Kier molecular flexibility index (Phi) is 3.21. The number of nitrogen functional groups attached to an aromatic ring is 1. The van der Waals surface area contributed by atoms with Crippen LogP contribution in [-0.2, 0) is 6.54 Å². The zero-order valence-electron chi connectivity index (χ0n) is 11.0. The highest BCUT2D eigenvalue weighted by Gasteiger charge is 2.31. The first-order chi connectivity index (χ1) is 9.78. The molecule has 1 aliphatic rings. The molecule has 1 aliphatic carbocycles. The zero-order chi connectivity index (χ0) is 13.9. The molecule has 0 aliphatic heterocycles. The van der Waals surface area contributed by atoms with E-state index in [0.717, 1.165) is 24.1 Å². The average molecular weight is 265 g/mol. The maximum absolute atomic E-state index is 9.18. The lowest BCUT2D eigenvalue weighted by atomic mass is 10.2. The number of aromatic nitrogens is 2. The van der Waals surface area contributed by atoms with Gasteiger partial charge in [0.2, 0.25) is 0 Å². The van der Waals surface area contributed by atoms with Crippen molar-refractivity contribution in [2.75, 3.05) is 10.6 Å². The number of hydrogen-bond acceptors (Lipinski definition) is 5. The maximum Gasteiger partial charge on any atom is 0.183 e. The molecule has 1 aromatic heterocycles. The first-order valence-corrected chi connectivity index (χ1v) is 6.60. The fourth-order valence-electron chi connectivity index (χ4n) is 2.27. The van der Waals surface area contributed by atoms with E-state index in [-0.39, 0.29) is 0 Å². The highest BCUT2D eigenvalue weighted by atomic mass is 15.2. The summed E-state index contributed by atoms with van der Waals surface area (Å²) >= 11 is 0. The summed E-state index contributed by atoms with van der Waals surface area (Å²) in [6.07, 6.45) is 5.44. The fraction of sp³-hybridized carbons (Fsp3) is 0.267. The van der Waals surface area contributed by atoms with Gasteiger partial charge in [0.15, 0.2) is 11.5 Å². The van der Waals surface area contributed by atoms with Crippen molar-refractivity contribution >= 4 is 11.5 Å². The molecule has 0 spiro atoms. The van der Waals surface area contributed by atoms with Crippen molar-refractivity contribution in [1.82, 2.24) is 9.97 Å². The van der Waals surface area contributed by atoms with Crippen LogP contribution in [0.2, 0.25) is 0 Å². The van der Waals surface area contributed by atoms with Crippen molar-refractivity contribution in [2.45, 2.75) is 25.4 Å². The van der Waals surface area contributed by atoms with Crippen LogP contribution in [0.5, 0.6) is 0 Å². The van der Waals surface area contributed by atoms with Gasteiger partial charge < -0.3 is 10.6 Å². The number of hydrogen-bond donors (Lipinski definition) is 1. The SMILES string of the molecule is N#Cc1nccnc1N(Cc1cccc(N)c1)C1CC1. The number of anilines is 2. The van der Waals surface area contributed by atoms with Crippen LogP contribution in [0, 0.1) is 11.3 Å². The van der Waals surface area contributed by atoms with Crippen molar-refractivity contribution in [2.24, 2.45) is 0 Å². The van der Waals surface area contributed by atoms with E-state index in [1.54, 1.807) is 12.4 Å². The fourth-order valence-corrected chi connectivity index (χ4v) is 2.27. The van der Waals surface area contributed by atoms with Gasteiger partial charge in [-0.15, -0.1) is 0 Å². The Morgan fingerprint density at radius 3 is 2.80 bits per heavy atom. The second-order valence-electron chi connectivity index (χ2n) is 4.94. The van der Waals surface area contributed by atoms with Crippen LogP contribution in [0.3, 0.4) is 0 Å². The Bertz CT molecular complexity index is 657. The van der Waals surface area contributed by atoms with E-state index < -0.39 is 0 Å². The van der Waals surface area contributed by atoms with Crippen LogP contribution in [-0.4, -0.2) is 16.0 Å². The minimum absolute atomic E-state index is 0.378. The predicted molar refractivity (Wildman–Crippen MR) is 76.8 cm³/mol. The van der Waals surface area contributed by atoms with E-state index in [1.165, 1.54) is 0 Å². The second kappa shape index (κ2) is 5.17. The molecule has 1 saturated carbocycles. The molecule has 100 valence electrons. The Labute approximate surface area is 117 Å². The van der Waals surface area contributed by atoms with Gasteiger partial charge in [0.05, 0.1) is 0 Å². The van der Waals surface area contributed by atoms with Crippen LogP contribution >= 0.6 is 0 Å². The summed E-state index contributed by atoms with van der Waals surface area (Å²) in [6, 6.07) is 10.4. The summed E-state index contributed by atoms with van der Waals surface area (Å²) in [5, 5.41) is 9.18. The third kappa shape index (κ3) is 2.54. The topological polar surface area (TPSA) is 78.8 Å².